The first-order valence-corrected chi connectivity index (χ1v) is 9.12. The van der Waals surface area contributed by atoms with Gasteiger partial charge in [-0.3, -0.25) is 14.5 Å². The minimum absolute atomic E-state index is 0.00195. The summed E-state index contributed by atoms with van der Waals surface area (Å²) in [5.74, 6) is -0.445. The third-order valence-electron chi connectivity index (χ3n) is 5.15. The number of benzene rings is 2. The molecule has 1 unspecified atom stereocenters. The highest BCUT2D eigenvalue weighted by molar-refractivity contribution is 6.05. The Bertz CT molecular complexity index is 881. The van der Waals surface area contributed by atoms with Crippen molar-refractivity contribution in [1.29, 1.82) is 0 Å². The predicted octanol–water partition coefficient (Wildman–Crippen LogP) is 2.08. The van der Waals surface area contributed by atoms with Crippen LogP contribution in [0.4, 0.5) is 4.79 Å². The molecule has 2 aliphatic heterocycles. The molecule has 138 valence electrons. The van der Waals surface area contributed by atoms with Crippen molar-refractivity contribution >= 4 is 17.8 Å². The van der Waals surface area contributed by atoms with E-state index in [0.717, 1.165) is 17.5 Å². The predicted molar refractivity (Wildman–Crippen MR) is 99.5 cm³/mol. The fraction of sp³-hybridized carbons (Fsp3) is 0.286. The molecule has 0 aliphatic carbocycles. The van der Waals surface area contributed by atoms with Crippen LogP contribution in [0.1, 0.15) is 23.1 Å². The molecule has 4 rings (SSSR count). The first-order chi connectivity index (χ1) is 13.1. The highest BCUT2D eigenvalue weighted by Crippen LogP contribution is 2.21. The summed E-state index contributed by atoms with van der Waals surface area (Å²) in [6.45, 7) is 1.41. The molecule has 2 aromatic carbocycles. The van der Waals surface area contributed by atoms with Crippen molar-refractivity contribution in [1.82, 2.24) is 15.1 Å². The monoisotopic (exact) mass is 363 g/mol. The number of hydrogen-bond donors (Lipinski definition) is 1. The molecular weight excluding hydrogens is 342 g/mol. The number of nitrogens with zero attached hydrogens (tertiary/aromatic N) is 2. The summed E-state index contributed by atoms with van der Waals surface area (Å²) in [6, 6.07) is 16.2. The zero-order valence-electron chi connectivity index (χ0n) is 14.9. The Kier molecular flexibility index (Phi) is 4.62. The average molecular weight is 363 g/mol. The third kappa shape index (κ3) is 3.56. The van der Waals surface area contributed by atoms with E-state index in [9.17, 15) is 14.4 Å². The molecule has 0 aromatic heterocycles. The Morgan fingerprint density at radius 2 is 1.70 bits per heavy atom. The van der Waals surface area contributed by atoms with Crippen molar-refractivity contribution in [3.8, 4) is 0 Å². The lowest BCUT2D eigenvalue weighted by atomic mass is 9.99. The second-order valence-electron chi connectivity index (χ2n) is 6.95. The van der Waals surface area contributed by atoms with Gasteiger partial charge >= 0.3 is 6.03 Å². The summed E-state index contributed by atoms with van der Waals surface area (Å²) in [4.78, 5) is 40.4. The van der Waals surface area contributed by atoms with Crippen LogP contribution in [0, 0.1) is 0 Å². The van der Waals surface area contributed by atoms with Crippen LogP contribution in [0.5, 0.6) is 0 Å². The summed E-state index contributed by atoms with van der Waals surface area (Å²) in [7, 11) is 0. The molecule has 0 radical (unpaired) electrons. The molecule has 0 bridgehead atoms. The van der Waals surface area contributed by atoms with Crippen molar-refractivity contribution < 1.29 is 14.4 Å². The van der Waals surface area contributed by atoms with Gasteiger partial charge in [-0.05, 0) is 23.1 Å². The average Bonchev–Trinajstić information content (AvgIpc) is 2.96. The van der Waals surface area contributed by atoms with E-state index < -0.39 is 12.1 Å². The van der Waals surface area contributed by atoms with Gasteiger partial charge in [0.1, 0.15) is 6.04 Å². The van der Waals surface area contributed by atoms with Gasteiger partial charge in [0.2, 0.25) is 5.91 Å². The number of imide groups is 1. The van der Waals surface area contributed by atoms with Crippen LogP contribution in [0.25, 0.3) is 0 Å². The molecule has 1 atom stereocenters. The molecule has 6 nitrogen and oxygen atoms in total. The Balaban J connectivity index is 1.39. The SMILES string of the molecule is O=C(CC1NC(=O)N(Cc2ccccc2)C1=O)N1CCc2ccccc2C1. The van der Waals surface area contributed by atoms with E-state index >= 15 is 0 Å². The van der Waals surface area contributed by atoms with Gasteiger partial charge < -0.3 is 10.2 Å². The number of hydrogen-bond acceptors (Lipinski definition) is 3. The van der Waals surface area contributed by atoms with Gasteiger partial charge in [-0.2, -0.15) is 0 Å². The normalized spacial score (nSPS) is 19.0. The zero-order valence-corrected chi connectivity index (χ0v) is 14.9. The smallest absolute Gasteiger partial charge is 0.325 e. The molecule has 6 heteroatoms. The standard InChI is InChI=1S/C21H21N3O3/c25-19(23-11-10-16-8-4-5-9-17(16)14-23)12-18-20(26)24(21(27)22-18)13-15-6-2-1-3-7-15/h1-9,18H,10-14H2,(H,22,27). The molecule has 2 heterocycles. The van der Waals surface area contributed by atoms with Crippen molar-refractivity contribution in [3.63, 3.8) is 0 Å². The van der Waals surface area contributed by atoms with Crippen LogP contribution in [0.3, 0.4) is 0 Å². The van der Waals surface area contributed by atoms with Gasteiger partial charge in [0.05, 0.1) is 13.0 Å². The van der Waals surface area contributed by atoms with E-state index in [-0.39, 0.29) is 24.8 Å². The Morgan fingerprint density at radius 1 is 1.00 bits per heavy atom. The molecule has 1 N–H and O–H groups in total. The first kappa shape index (κ1) is 17.3. The minimum atomic E-state index is -0.786. The molecule has 0 spiro atoms. The Labute approximate surface area is 157 Å². The summed E-state index contributed by atoms with van der Waals surface area (Å²) < 4.78 is 0. The lowest BCUT2D eigenvalue weighted by Crippen LogP contribution is -2.41. The summed E-state index contributed by atoms with van der Waals surface area (Å²) in [6.07, 6.45) is 0.811. The molecule has 0 saturated carbocycles. The van der Waals surface area contributed by atoms with Gasteiger partial charge in [0.15, 0.2) is 0 Å². The zero-order chi connectivity index (χ0) is 18.8. The van der Waals surface area contributed by atoms with E-state index in [4.69, 9.17) is 0 Å². The number of rotatable bonds is 4. The molecule has 4 amide bonds. The quantitative estimate of drug-likeness (QED) is 0.846. The summed E-state index contributed by atoms with van der Waals surface area (Å²) in [5.41, 5.74) is 3.28. The van der Waals surface area contributed by atoms with Crippen LogP contribution in [-0.2, 0) is 29.1 Å². The Hall–Kier alpha value is -3.15. The van der Waals surface area contributed by atoms with Crippen LogP contribution in [-0.4, -0.2) is 40.2 Å². The van der Waals surface area contributed by atoms with Crippen LogP contribution < -0.4 is 5.32 Å². The second-order valence-corrected chi connectivity index (χ2v) is 6.95. The maximum Gasteiger partial charge on any atom is 0.325 e. The number of urea groups is 1. The van der Waals surface area contributed by atoms with Crippen LogP contribution in [0.2, 0.25) is 0 Å². The summed E-state index contributed by atoms with van der Waals surface area (Å²) >= 11 is 0. The Morgan fingerprint density at radius 3 is 2.48 bits per heavy atom. The molecule has 2 aromatic rings. The molecular formula is C21H21N3O3. The fourth-order valence-corrected chi connectivity index (χ4v) is 3.64. The van der Waals surface area contributed by atoms with Crippen LogP contribution >= 0.6 is 0 Å². The van der Waals surface area contributed by atoms with Gasteiger partial charge in [0.25, 0.3) is 5.91 Å². The van der Waals surface area contributed by atoms with Gasteiger partial charge in [-0.15, -0.1) is 0 Å². The molecule has 1 saturated heterocycles. The van der Waals surface area contributed by atoms with Gasteiger partial charge in [-0.25, -0.2) is 4.79 Å². The van der Waals surface area contributed by atoms with Crippen molar-refractivity contribution in [3.05, 3.63) is 71.3 Å². The second kappa shape index (κ2) is 7.23. The van der Waals surface area contributed by atoms with Crippen molar-refractivity contribution in [2.75, 3.05) is 6.54 Å². The topological polar surface area (TPSA) is 69.7 Å². The van der Waals surface area contributed by atoms with Gasteiger partial charge in [0, 0.05) is 13.1 Å². The molecule has 27 heavy (non-hydrogen) atoms. The molecule has 2 aliphatic rings. The fourth-order valence-electron chi connectivity index (χ4n) is 3.64. The van der Waals surface area contributed by atoms with E-state index in [1.54, 1.807) is 4.90 Å². The number of carbonyl (C=O) groups excluding carboxylic acids is 3. The maximum absolute atomic E-state index is 12.7. The van der Waals surface area contributed by atoms with Gasteiger partial charge in [-0.1, -0.05) is 54.6 Å². The highest BCUT2D eigenvalue weighted by Gasteiger charge is 2.39. The van der Waals surface area contributed by atoms with Crippen LogP contribution in [0.15, 0.2) is 54.6 Å². The molecule has 1 fully saturated rings. The van der Waals surface area contributed by atoms with Crippen molar-refractivity contribution in [2.45, 2.75) is 32.0 Å². The first-order valence-electron chi connectivity index (χ1n) is 9.12. The van der Waals surface area contributed by atoms with Crippen molar-refractivity contribution in [2.24, 2.45) is 0 Å². The van der Waals surface area contributed by atoms with E-state index in [2.05, 4.69) is 11.4 Å². The lowest BCUT2D eigenvalue weighted by Gasteiger charge is -2.29. The number of amides is 4. The number of carbonyl (C=O) groups is 3. The van der Waals surface area contributed by atoms with E-state index in [1.165, 1.54) is 10.5 Å². The van der Waals surface area contributed by atoms with E-state index in [0.29, 0.717) is 13.1 Å². The van der Waals surface area contributed by atoms with E-state index in [1.807, 2.05) is 48.5 Å². The lowest BCUT2D eigenvalue weighted by molar-refractivity contribution is -0.136. The number of fused-ring (bicyclic) bond motifs is 1. The third-order valence-corrected chi connectivity index (χ3v) is 5.15. The minimum Gasteiger partial charge on any atom is -0.338 e. The largest absolute Gasteiger partial charge is 0.338 e. The summed E-state index contributed by atoms with van der Waals surface area (Å²) in [5, 5.41) is 2.65. The number of nitrogens with one attached hydrogen (secondary N) is 1. The maximum atomic E-state index is 12.7. The highest BCUT2D eigenvalue weighted by atomic mass is 16.2.